The Balaban J connectivity index is 2.06. The molecule has 1 unspecified atom stereocenters. The number of benzene rings is 1. The monoisotopic (exact) mass is 358 g/mol. The molecule has 1 aromatic carbocycles. The third-order valence-corrected chi connectivity index (χ3v) is 3.51. The van der Waals surface area contributed by atoms with Crippen molar-refractivity contribution in [1.82, 2.24) is 10.2 Å². The number of nitrogens with zero attached hydrogens (tertiary/aromatic N) is 1. The van der Waals surface area contributed by atoms with Crippen LogP contribution in [0.3, 0.4) is 0 Å². The number of carbonyl (C=O) groups is 3. The Morgan fingerprint density at radius 2 is 1.94 bits per heavy atom. The van der Waals surface area contributed by atoms with Crippen LogP contribution >= 0.6 is 22.6 Å². The molecule has 1 aliphatic heterocycles. The molecule has 94 valence electrons. The first-order valence-corrected chi connectivity index (χ1v) is 6.44. The molecule has 0 spiro atoms. The zero-order valence-electron chi connectivity index (χ0n) is 9.64. The number of imide groups is 1. The van der Waals surface area contributed by atoms with Crippen LogP contribution < -0.4 is 5.32 Å². The topological polar surface area (TPSA) is 66.5 Å². The van der Waals surface area contributed by atoms with Crippen molar-refractivity contribution in [3.63, 3.8) is 0 Å². The summed E-state index contributed by atoms with van der Waals surface area (Å²) < 4.78 is 1.02. The third kappa shape index (κ3) is 2.53. The van der Waals surface area contributed by atoms with E-state index in [9.17, 15) is 14.4 Å². The first kappa shape index (κ1) is 13.0. The Hall–Kier alpha value is -1.44. The lowest BCUT2D eigenvalue weighted by Gasteiger charge is -2.11. The summed E-state index contributed by atoms with van der Waals surface area (Å²) in [6.45, 7) is 0. The lowest BCUT2D eigenvalue weighted by molar-refractivity contribution is -0.137. The molecule has 1 saturated heterocycles. The van der Waals surface area contributed by atoms with Gasteiger partial charge in [0.2, 0.25) is 5.91 Å². The molecule has 0 bridgehead atoms. The molecule has 18 heavy (non-hydrogen) atoms. The van der Waals surface area contributed by atoms with E-state index in [0.717, 1.165) is 8.47 Å². The molecular weight excluding hydrogens is 347 g/mol. The first-order chi connectivity index (χ1) is 8.49. The molecule has 5 nitrogen and oxygen atoms in total. The van der Waals surface area contributed by atoms with E-state index in [1.165, 1.54) is 7.05 Å². The number of amides is 3. The number of hydrogen-bond donors (Lipinski definition) is 1. The molecule has 1 atom stereocenters. The Bertz CT molecular complexity index is 513. The summed E-state index contributed by atoms with van der Waals surface area (Å²) in [4.78, 5) is 35.9. The van der Waals surface area contributed by atoms with Crippen LogP contribution in [0.4, 0.5) is 0 Å². The van der Waals surface area contributed by atoms with Crippen molar-refractivity contribution in [3.05, 3.63) is 33.4 Å². The quantitative estimate of drug-likeness (QED) is 0.628. The lowest BCUT2D eigenvalue weighted by atomic mass is 10.2. The maximum Gasteiger partial charge on any atom is 0.252 e. The van der Waals surface area contributed by atoms with Gasteiger partial charge in [0.25, 0.3) is 11.8 Å². The number of rotatable bonds is 2. The van der Waals surface area contributed by atoms with Crippen LogP contribution in [-0.2, 0) is 9.59 Å². The van der Waals surface area contributed by atoms with E-state index in [0.29, 0.717) is 5.56 Å². The minimum Gasteiger partial charge on any atom is -0.340 e. The maximum atomic E-state index is 11.9. The summed E-state index contributed by atoms with van der Waals surface area (Å²) >= 11 is 2.14. The highest BCUT2D eigenvalue weighted by atomic mass is 127. The average Bonchev–Trinajstić information content (AvgIpc) is 2.58. The van der Waals surface area contributed by atoms with Gasteiger partial charge in [-0.1, -0.05) is 0 Å². The van der Waals surface area contributed by atoms with Crippen molar-refractivity contribution in [2.45, 2.75) is 12.5 Å². The van der Waals surface area contributed by atoms with Gasteiger partial charge in [0.05, 0.1) is 6.42 Å². The predicted molar refractivity (Wildman–Crippen MR) is 72.8 cm³/mol. The fraction of sp³-hybridized carbons (Fsp3) is 0.250. The van der Waals surface area contributed by atoms with Crippen molar-refractivity contribution in [3.8, 4) is 0 Å². The number of halogens is 1. The second-order valence-electron chi connectivity index (χ2n) is 4.03. The van der Waals surface area contributed by atoms with Gasteiger partial charge < -0.3 is 5.32 Å². The SMILES string of the molecule is CN1C(=O)CC(NC(=O)c2ccc(I)cc2)C1=O. The normalized spacial score (nSPS) is 19.2. The molecule has 1 N–H and O–H groups in total. The Morgan fingerprint density at radius 1 is 1.33 bits per heavy atom. The van der Waals surface area contributed by atoms with Gasteiger partial charge in [-0.2, -0.15) is 0 Å². The number of nitrogens with one attached hydrogen (secondary N) is 1. The fourth-order valence-corrected chi connectivity index (χ4v) is 2.07. The molecule has 3 amide bonds. The van der Waals surface area contributed by atoms with Crippen molar-refractivity contribution in [2.75, 3.05) is 7.05 Å². The van der Waals surface area contributed by atoms with E-state index < -0.39 is 6.04 Å². The van der Waals surface area contributed by atoms with Crippen LogP contribution in [-0.4, -0.2) is 35.7 Å². The Morgan fingerprint density at radius 3 is 2.44 bits per heavy atom. The number of hydrogen-bond acceptors (Lipinski definition) is 3. The molecule has 0 aromatic heterocycles. The van der Waals surface area contributed by atoms with E-state index in [2.05, 4.69) is 27.9 Å². The third-order valence-electron chi connectivity index (χ3n) is 2.79. The van der Waals surface area contributed by atoms with Crippen LogP contribution in [0.5, 0.6) is 0 Å². The molecule has 2 rings (SSSR count). The van der Waals surface area contributed by atoms with Crippen molar-refractivity contribution in [2.24, 2.45) is 0 Å². The molecule has 1 heterocycles. The highest BCUT2D eigenvalue weighted by molar-refractivity contribution is 14.1. The van der Waals surface area contributed by atoms with E-state index >= 15 is 0 Å². The zero-order chi connectivity index (χ0) is 13.3. The van der Waals surface area contributed by atoms with Crippen LogP contribution in [0, 0.1) is 3.57 Å². The van der Waals surface area contributed by atoms with Gasteiger partial charge in [0.15, 0.2) is 0 Å². The van der Waals surface area contributed by atoms with E-state index in [1.54, 1.807) is 12.1 Å². The molecule has 1 fully saturated rings. The smallest absolute Gasteiger partial charge is 0.252 e. The summed E-state index contributed by atoms with van der Waals surface area (Å²) in [6, 6.07) is 6.24. The number of likely N-dealkylation sites (N-methyl/N-ethyl adjacent to an activating group) is 1. The molecular formula is C12H11IN2O3. The summed E-state index contributed by atoms with van der Waals surface area (Å²) in [5.41, 5.74) is 0.477. The number of carbonyl (C=O) groups excluding carboxylic acids is 3. The standard InChI is InChI=1S/C12H11IN2O3/c1-15-10(16)6-9(12(15)18)14-11(17)7-2-4-8(13)5-3-7/h2-5,9H,6H2,1H3,(H,14,17). The van der Waals surface area contributed by atoms with Crippen molar-refractivity contribution < 1.29 is 14.4 Å². The van der Waals surface area contributed by atoms with E-state index in [4.69, 9.17) is 0 Å². The summed E-state index contributed by atoms with van der Waals surface area (Å²) in [5, 5.41) is 2.57. The molecule has 1 aromatic rings. The maximum absolute atomic E-state index is 11.9. The van der Waals surface area contributed by atoms with Crippen LogP contribution in [0.1, 0.15) is 16.8 Å². The van der Waals surface area contributed by atoms with Gasteiger partial charge in [0.1, 0.15) is 6.04 Å². The lowest BCUT2D eigenvalue weighted by Crippen LogP contribution is -2.40. The highest BCUT2D eigenvalue weighted by Gasteiger charge is 2.36. The van der Waals surface area contributed by atoms with Crippen LogP contribution in [0.25, 0.3) is 0 Å². The molecule has 0 aliphatic carbocycles. The summed E-state index contributed by atoms with van der Waals surface area (Å²) in [5.74, 6) is -0.973. The second-order valence-corrected chi connectivity index (χ2v) is 5.27. The molecule has 0 saturated carbocycles. The van der Waals surface area contributed by atoms with E-state index in [1.807, 2.05) is 12.1 Å². The first-order valence-electron chi connectivity index (χ1n) is 5.36. The average molecular weight is 358 g/mol. The highest BCUT2D eigenvalue weighted by Crippen LogP contribution is 2.12. The van der Waals surface area contributed by atoms with Gasteiger partial charge in [0, 0.05) is 16.2 Å². The fourth-order valence-electron chi connectivity index (χ4n) is 1.71. The van der Waals surface area contributed by atoms with Gasteiger partial charge in [-0.15, -0.1) is 0 Å². The predicted octanol–water partition coefficient (Wildman–Crippen LogP) is 0.778. The van der Waals surface area contributed by atoms with Crippen LogP contribution in [0.2, 0.25) is 0 Å². The Kier molecular flexibility index (Phi) is 3.65. The minimum atomic E-state index is -0.741. The summed E-state index contributed by atoms with van der Waals surface area (Å²) in [6.07, 6.45) is 0.0332. The molecule has 1 aliphatic rings. The van der Waals surface area contributed by atoms with Crippen molar-refractivity contribution >= 4 is 40.3 Å². The summed E-state index contributed by atoms with van der Waals surface area (Å²) in [7, 11) is 1.42. The zero-order valence-corrected chi connectivity index (χ0v) is 11.8. The van der Waals surface area contributed by atoms with Crippen molar-refractivity contribution in [1.29, 1.82) is 0 Å². The minimum absolute atomic E-state index is 0.0332. The van der Waals surface area contributed by atoms with Gasteiger partial charge in [-0.05, 0) is 46.9 Å². The van der Waals surface area contributed by atoms with Crippen LogP contribution in [0.15, 0.2) is 24.3 Å². The van der Waals surface area contributed by atoms with Gasteiger partial charge in [-0.3, -0.25) is 19.3 Å². The van der Waals surface area contributed by atoms with E-state index in [-0.39, 0.29) is 24.1 Å². The second kappa shape index (κ2) is 5.05. The number of likely N-dealkylation sites (tertiary alicyclic amines) is 1. The van der Waals surface area contributed by atoms with Gasteiger partial charge in [-0.25, -0.2) is 0 Å². The Labute approximate surface area is 118 Å². The molecule has 0 radical (unpaired) electrons. The van der Waals surface area contributed by atoms with Gasteiger partial charge >= 0.3 is 0 Å². The largest absolute Gasteiger partial charge is 0.340 e. The molecule has 6 heteroatoms.